The summed E-state index contributed by atoms with van der Waals surface area (Å²) >= 11 is 0. The van der Waals surface area contributed by atoms with Crippen LogP contribution >= 0.6 is 0 Å². The zero-order valence-corrected chi connectivity index (χ0v) is 12.7. The van der Waals surface area contributed by atoms with Crippen LogP contribution in [0.1, 0.15) is 29.8 Å². The van der Waals surface area contributed by atoms with Gasteiger partial charge in [-0.25, -0.2) is 4.68 Å². The molecule has 1 atom stereocenters. The van der Waals surface area contributed by atoms with Gasteiger partial charge in [0.15, 0.2) is 0 Å². The monoisotopic (exact) mass is 285 g/mol. The summed E-state index contributed by atoms with van der Waals surface area (Å²) in [5.74, 6) is -0.260. The molecule has 0 bridgehead atoms. The highest BCUT2D eigenvalue weighted by atomic mass is 16.2. The molecule has 0 aliphatic heterocycles. The van der Waals surface area contributed by atoms with Crippen LogP contribution in [0.3, 0.4) is 0 Å². The van der Waals surface area contributed by atoms with Crippen LogP contribution in [-0.4, -0.2) is 15.7 Å². The smallest absolute Gasteiger partial charge is 0.267 e. The molecule has 0 radical (unpaired) electrons. The first kappa shape index (κ1) is 15.0. The Morgan fingerprint density at radius 3 is 2.62 bits per heavy atom. The Hall–Kier alpha value is -2.43. The van der Waals surface area contributed by atoms with Gasteiger partial charge in [-0.1, -0.05) is 12.1 Å². The average Bonchev–Trinajstić information content (AvgIpc) is 2.45. The van der Waals surface area contributed by atoms with Gasteiger partial charge in [0.2, 0.25) is 5.91 Å². The van der Waals surface area contributed by atoms with Crippen molar-refractivity contribution in [3.05, 3.63) is 57.5 Å². The highest BCUT2D eigenvalue weighted by molar-refractivity contribution is 5.94. The molecule has 0 saturated carbocycles. The average molecular weight is 285 g/mol. The van der Waals surface area contributed by atoms with Gasteiger partial charge in [-0.2, -0.15) is 5.10 Å². The third-order valence-corrected chi connectivity index (χ3v) is 3.57. The lowest BCUT2D eigenvalue weighted by Crippen LogP contribution is -2.33. The van der Waals surface area contributed by atoms with Crippen molar-refractivity contribution in [2.75, 3.05) is 5.32 Å². The van der Waals surface area contributed by atoms with Crippen LogP contribution < -0.4 is 10.9 Å². The Morgan fingerprint density at radius 2 is 1.90 bits per heavy atom. The van der Waals surface area contributed by atoms with Crippen LogP contribution in [0.4, 0.5) is 5.69 Å². The van der Waals surface area contributed by atoms with Gasteiger partial charge in [-0.3, -0.25) is 9.59 Å². The second-order valence-electron chi connectivity index (χ2n) is 5.17. The molecule has 5 nitrogen and oxygen atoms in total. The molecule has 1 N–H and O–H groups in total. The van der Waals surface area contributed by atoms with Crippen molar-refractivity contribution in [2.45, 2.75) is 33.7 Å². The third kappa shape index (κ3) is 3.18. The maximum atomic E-state index is 12.3. The number of aryl methyl sites for hydroxylation is 2. The minimum atomic E-state index is -0.669. The fourth-order valence-electron chi connectivity index (χ4n) is 2.03. The van der Waals surface area contributed by atoms with Gasteiger partial charge < -0.3 is 5.32 Å². The van der Waals surface area contributed by atoms with E-state index >= 15 is 0 Å². The fraction of sp³-hybridized carbons (Fsp3) is 0.312. The Balaban J connectivity index is 2.26. The van der Waals surface area contributed by atoms with Gasteiger partial charge in [0.1, 0.15) is 6.04 Å². The molecule has 21 heavy (non-hydrogen) atoms. The molecule has 0 fully saturated rings. The number of nitrogens with one attached hydrogen (secondary N) is 1. The summed E-state index contributed by atoms with van der Waals surface area (Å²) < 4.78 is 1.20. The molecule has 1 aromatic heterocycles. The third-order valence-electron chi connectivity index (χ3n) is 3.57. The van der Waals surface area contributed by atoms with E-state index in [0.717, 1.165) is 16.8 Å². The molecular weight excluding hydrogens is 266 g/mol. The van der Waals surface area contributed by atoms with Crippen LogP contribution in [0.5, 0.6) is 0 Å². The van der Waals surface area contributed by atoms with Crippen LogP contribution in [0.25, 0.3) is 0 Å². The number of hydrogen-bond acceptors (Lipinski definition) is 3. The summed E-state index contributed by atoms with van der Waals surface area (Å²) in [6, 6.07) is 8.11. The maximum absolute atomic E-state index is 12.3. The normalized spacial score (nSPS) is 12.0. The molecule has 1 aromatic carbocycles. The number of anilines is 1. The lowest BCUT2D eigenvalue weighted by atomic mass is 10.1. The molecule has 1 heterocycles. The Labute approximate surface area is 123 Å². The van der Waals surface area contributed by atoms with E-state index in [2.05, 4.69) is 10.4 Å². The van der Waals surface area contributed by atoms with Gasteiger partial charge in [0, 0.05) is 11.8 Å². The molecule has 1 unspecified atom stereocenters. The van der Waals surface area contributed by atoms with Gasteiger partial charge >= 0.3 is 0 Å². The quantitative estimate of drug-likeness (QED) is 0.941. The molecule has 5 heteroatoms. The van der Waals surface area contributed by atoms with E-state index in [9.17, 15) is 9.59 Å². The van der Waals surface area contributed by atoms with Gasteiger partial charge in [0.05, 0.1) is 5.69 Å². The van der Waals surface area contributed by atoms with Crippen molar-refractivity contribution < 1.29 is 4.79 Å². The number of benzene rings is 1. The van der Waals surface area contributed by atoms with Crippen molar-refractivity contribution in [1.29, 1.82) is 0 Å². The molecule has 2 rings (SSSR count). The Morgan fingerprint density at radius 1 is 1.19 bits per heavy atom. The van der Waals surface area contributed by atoms with E-state index < -0.39 is 6.04 Å². The van der Waals surface area contributed by atoms with Crippen LogP contribution in [0, 0.1) is 20.8 Å². The molecule has 0 aliphatic carbocycles. The zero-order valence-electron chi connectivity index (χ0n) is 12.7. The van der Waals surface area contributed by atoms with Gasteiger partial charge in [-0.05, 0) is 51.0 Å². The summed E-state index contributed by atoms with van der Waals surface area (Å²) in [4.78, 5) is 24.1. The number of nitrogens with zero attached hydrogens (tertiary/aromatic N) is 2. The predicted octanol–water partition coefficient (Wildman–Crippen LogP) is 2.37. The van der Waals surface area contributed by atoms with E-state index in [1.54, 1.807) is 19.9 Å². The van der Waals surface area contributed by atoms with Crippen molar-refractivity contribution in [2.24, 2.45) is 0 Å². The van der Waals surface area contributed by atoms with E-state index in [1.807, 2.05) is 32.0 Å². The second kappa shape index (κ2) is 5.91. The molecule has 0 spiro atoms. The molecule has 0 saturated heterocycles. The molecule has 1 amide bonds. The number of hydrogen-bond donors (Lipinski definition) is 1. The predicted molar refractivity (Wildman–Crippen MR) is 82.5 cm³/mol. The van der Waals surface area contributed by atoms with Crippen molar-refractivity contribution in [3.63, 3.8) is 0 Å². The summed E-state index contributed by atoms with van der Waals surface area (Å²) in [6.07, 6.45) is 0. The standard InChI is InChI=1S/C16H19N3O2/c1-10-6-5-7-14(12(10)3)17-16(21)13(4)19-15(20)9-8-11(2)18-19/h5-9,13H,1-4H3,(H,17,21). The largest absolute Gasteiger partial charge is 0.324 e. The fourth-order valence-corrected chi connectivity index (χ4v) is 2.03. The minimum Gasteiger partial charge on any atom is -0.324 e. The van der Waals surface area contributed by atoms with Crippen molar-refractivity contribution >= 4 is 11.6 Å². The topological polar surface area (TPSA) is 64.0 Å². The van der Waals surface area contributed by atoms with E-state index in [-0.39, 0.29) is 11.5 Å². The Bertz CT molecular complexity index is 735. The van der Waals surface area contributed by atoms with Gasteiger partial charge in [-0.15, -0.1) is 0 Å². The Kier molecular flexibility index (Phi) is 4.21. The summed E-state index contributed by atoms with van der Waals surface area (Å²) in [7, 11) is 0. The lowest BCUT2D eigenvalue weighted by molar-refractivity contribution is -0.119. The zero-order chi connectivity index (χ0) is 15.6. The van der Waals surface area contributed by atoms with Crippen LogP contribution in [-0.2, 0) is 4.79 Å². The second-order valence-corrected chi connectivity index (χ2v) is 5.17. The summed E-state index contributed by atoms with van der Waals surface area (Å²) in [6.45, 7) is 7.38. The first-order valence-corrected chi connectivity index (χ1v) is 6.83. The molecule has 0 aliphatic rings. The summed E-state index contributed by atoms with van der Waals surface area (Å²) in [5, 5.41) is 6.98. The van der Waals surface area contributed by atoms with Gasteiger partial charge in [0.25, 0.3) is 5.56 Å². The highest BCUT2D eigenvalue weighted by Gasteiger charge is 2.18. The summed E-state index contributed by atoms with van der Waals surface area (Å²) in [5.41, 5.74) is 3.28. The number of amides is 1. The lowest BCUT2D eigenvalue weighted by Gasteiger charge is -2.16. The number of aromatic nitrogens is 2. The minimum absolute atomic E-state index is 0.260. The number of carbonyl (C=O) groups excluding carboxylic acids is 1. The maximum Gasteiger partial charge on any atom is 0.267 e. The van der Waals surface area contributed by atoms with E-state index in [0.29, 0.717) is 5.69 Å². The highest BCUT2D eigenvalue weighted by Crippen LogP contribution is 2.19. The molecule has 2 aromatic rings. The SMILES string of the molecule is Cc1ccc(=O)n(C(C)C(=O)Nc2cccc(C)c2C)n1. The molecule has 110 valence electrons. The van der Waals surface area contributed by atoms with Crippen molar-refractivity contribution in [1.82, 2.24) is 9.78 Å². The first-order chi connectivity index (χ1) is 9.90. The number of carbonyl (C=O) groups is 1. The van der Waals surface area contributed by atoms with Crippen molar-refractivity contribution in [3.8, 4) is 0 Å². The van der Waals surface area contributed by atoms with E-state index in [4.69, 9.17) is 0 Å². The molecular formula is C16H19N3O2. The first-order valence-electron chi connectivity index (χ1n) is 6.83. The van der Waals surface area contributed by atoms with Crippen LogP contribution in [0.2, 0.25) is 0 Å². The van der Waals surface area contributed by atoms with Crippen LogP contribution in [0.15, 0.2) is 35.1 Å². The number of rotatable bonds is 3. The van der Waals surface area contributed by atoms with E-state index in [1.165, 1.54) is 10.7 Å².